The van der Waals surface area contributed by atoms with Crippen LogP contribution in [-0.2, 0) is 26.0 Å². The molecule has 1 saturated heterocycles. The minimum Gasteiger partial charge on any atom is -0.340 e. The van der Waals surface area contributed by atoms with Crippen molar-refractivity contribution in [3.05, 3.63) is 47.3 Å². The van der Waals surface area contributed by atoms with E-state index in [1.807, 2.05) is 0 Å². The molecule has 0 unspecified atom stereocenters. The molecule has 0 aliphatic carbocycles. The second-order valence-corrected chi connectivity index (χ2v) is 9.38. The molecule has 0 atom stereocenters. The van der Waals surface area contributed by atoms with Gasteiger partial charge in [-0.25, -0.2) is 8.42 Å². The van der Waals surface area contributed by atoms with E-state index in [9.17, 15) is 18.0 Å². The topological polar surface area (TPSA) is 86.8 Å². The third-order valence-electron chi connectivity index (χ3n) is 4.31. The zero-order valence-corrected chi connectivity index (χ0v) is 16.6. The molecule has 1 aliphatic heterocycles. The summed E-state index contributed by atoms with van der Waals surface area (Å²) in [4.78, 5) is 25.2. The highest BCUT2D eigenvalue weighted by molar-refractivity contribution is 7.91. The third-order valence-corrected chi connectivity index (χ3v) is 7.58. The largest absolute Gasteiger partial charge is 0.340 e. The van der Waals surface area contributed by atoms with Crippen LogP contribution in [0.4, 0.5) is 5.69 Å². The lowest BCUT2D eigenvalue weighted by Crippen LogP contribution is -2.50. The molecule has 27 heavy (non-hydrogen) atoms. The Morgan fingerprint density at radius 1 is 1.07 bits per heavy atom. The van der Waals surface area contributed by atoms with Gasteiger partial charge in [0.05, 0.1) is 6.42 Å². The van der Waals surface area contributed by atoms with Gasteiger partial charge in [-0.2, -0.15) is 4.31 Å². The van der Waals surface area contributed by atoms with E-state index in [4.69, 9.17) is 0 Å². The van der Waals surface area contributed by atoms with Gasteiger partial charge >= 0.3 is 0 Å². The lowest BCUT2D eigenvalue weighted by atomic mass is 10.1. The fourth-order valence-corrected chi connectivity index (χ4v) is 5.48. The van der Waals surface area contributed by atoms with Gasteiger partial charge in [-0.15, -0.1) is 11.3 Å². The third kappa shape index (κ3) is 4.74. The molecule has 1 N–H and O–H groups in total. The number of thiophene rings is 1. The number of nitrogens with zero attached hydrogens (tertiary/aromatic N) is 2. The highest BCUT2D eigenvalue weighted by Gasteiger charge is 2.30. The number of carbonyl (C=O) groups excluding carboxylic acids is 2. The first kappa shape index (κ1) is 19.5. The Morgan fingerprint density at radius 2 is 1.74 bits per heavy atom. The molecule has 2 heterocycles. The minimum absolute atomic E-state index is 0.0320. The summed E-state index contributed by atoms with van der Waals surface area (Å²) in [5.74, 6) is -0.176. The van der Waals surface area contributed by atoms with Crippen LogP contribution in [0.3, 0.4) is 0 Å². The Hall–Kier alpha value is -2.23. The zero-order valence-electron chi connectivity index (χ0n) is 14.9. The molecule has 9 heteroatoms. The first-order valence-electron chi connectivity index (χ1n) is 8.54. The molecule has 2 aromatic rings. The van der Waals surface area contributed by atoms with Crippen molar-refractivity contribution in [1.82, 2.24) is 9.21 Å². The van der Waals surface area contributed by atoms with E-state index in [1.54, 1.807) is 46.7 Å². The maximum absolute atomic E-state index is 12.5. The van der Waals surface area contributed by atoms with Gasteiger partial charge in [-0.3, -0.25) is 9.59 Å². The van der Waals surface area contributed by atoms with Gasteiger partial charge in [0.15, 0.2) is 0 Å². The summed E-state index contributed by atoms with van der Waals surface area (Å²) in [5.41, 5.74) is 1.54. The van der Waals surface area contributed by atoms with E-state index < -0.39 is 10.0 Å². The molecule has 0 spiro atoms. The summed E-state index contributed by atoms with van der Waals surface area (Å²) in [6, 6.07) is 10.4. The molecule has 0 radical (unpaired) electrons. The number of anilines is 1. The molecule has 0 saturated carbocycles. The number of benzene rings is 1. The Labute approximate surface area is 162 Å². The van der Waals surface area contributed by atoms with Gasteiger partial charge in [0, 0.05) is 38.8 Å². The molecule has 7 nitrogen and oxygen atoms in total. The molecular formula is C18H21N3O4S2. The van der Waals surface area contributed by atoms with Crippen molar-refractivity contribution in [3.63, 3.8) is 0 Å². The minimum atomic E-state index is -3.46. The van der Waals surface area contributed by atoms with Crippen LogP contribution in [0.2, 0.25) is 0 Å². The summed E-state index contributed by atoms with van der Waals surface area (Å²) in [7, 11) is -3.46. The van der Waals surface area contributed by atoms with Gasteiger partial charge in [-0.05, 0) is 29.1 Å². The molecule has 0 bridgehead atoms. The summed E-state index contributed by atoms with van der Waals surface area (Å²) in [6.45, 7) is 2.80. The first-order valence-corrected chi connectivity index (χ1v) is 10.9. The smallest absolute Gasteiger partial charge is 0.252 e. The van der Waals surface area contributed by atoms with Gasteiger partial charge in [0.2, 0.25) is 11.8 Å². The zero-order chi connectivity index (χ0) is 19.4. The van der Waals surface area contributed by atoms with E-state index in [1.165, 1.54) is 22.6 Å². The molecular weight excluding hydrogens is 386 g/mol. The van der Waals surface area contributed by atoms with Crippen LogP contribution >= 0.6 is 11.3 Å². The molecule has 1 fully saturated rings. The average molecular weight is 408 g/mol. The van der Waals surface area contributed by atoms with E-state index in [0.29, 0.717) is 36.1 Å². The Bertz CT molecular complexity index is 901. The quantitative estimate of drug-likeness (QED) is 0.819. The highest BCUT2D eigenvalue weighted by atomic mass is 32.2. The van der Waals surface area contributed by atoms with Crippen molar-refractivity contribution >= 4 is 38.9 Å². The average Bonchev–Trinajstić information content (AvgIpc) is 3.18. The van der Waals surface area contributed by atoms with E-state index in [0.717, 1.165) is 5.56 Å². The van der Waals surface area contributed by atoms with Crippen LogP contribution < -0.4 is 5.32 Å². The summed E-state index contributed by atoms with van der Waals surface area (Å²) in [6.07, 6.45) is 0.248. The van der Waals surface area contributed by atoms with Crippen molar-refractivity contribution in [1.29, 1.82) is 0 Å². The Morgan fingerprint density at radius 3 is 2.30 bits per heavy atom. The fourth-order valence-electron chi connectivity index (χ4n) is 2.91. The molecule has 2 amide bonds. The van der Waals surface area contributed by atoms with Crippen molar-refractivity contribution < 1.29 is 18.0 Å². The summed E-state index contributed by atoms with van der Waals surface area (Å²) >= 11 is 1.20. The lowest BCUT2D eigenvalue weighted by molar-refractivity contribution is -0.131. The fraction of sp³-hybridized carbons (Fsp3) is 0.333. The van der Waals surface area contributed by atoms with Crippen LogP contribution in [0.15, 0.2) is 46.0 Å². The van der Waals surface area contributed by atoms with Crippen molar-refractivity contribution in [2.45, 2.75) is 17.6 Å². The number of nitrogens with one attached hydrogen (secondary N) is 1. The van der Waals surface area contributed by atoms with Crippen molar-refractivity contribution in [2.24, 2.45) is 0 Å². The number of amides is 2. The SMILES string of the molecule is CC(=O)Nc1ccc(CC(=O)N2CCN(S(=O)(=O)c3cccs3)CC2)cc1. The van der Waals surface area contributed by atoms with E-state index in [-0.39, 0.29) is 18.2 Å². The van der Waals surface area contributed by atoms with Gasteiger partial charge in [0.25, 0.3) is 10.0 Å². The first-order chi connectivity index (χ1) is 12.9. The van der Waals surface area contributed by atoms with Crippen LogP contribution in [0.1, 0.15) is 12.5 Å². The number of rotatable bonds is 5. The Kier molecular flexibility index (Phi) is 5.93. The van der Waals surface area contributed by atoms with Gasteiger partial charge < -0.3 is 10.2 Å². The number of piperazine rings is 1. The molecule has 1 aromatic heterocycles. The molecule has 1 aromatic carbocycles. The summed E-state index contributed by atoms with van der Waals surface area (Å²) < 4.78 is 26.8. The van der Waals surface area contributed by atoms with Crippen molar-refractivity contribution in [2.75, 3.05) is 31.5 Å². The highest BCUT2D eigenvalue weighted by Crippen LogP contribution is 2.22. The molecule has 144 valence electrons. The maximum atomic E-state index is 12.5. The maximum Gasteiger partial charge on any atom is 0.252 e. The monoisotopic (exact) mass is 407 g/mol. The van der Waals surface area contributed by atoms with E-state index >= 15 is 0 Å². The predicted octanol–water partition coefficient (Wildman–Crippen LogP) is 1.78. The second-order valence-electron chi connectivity index (χ2n) is 6.27. The predicted molar refractivity (Wildman–Crippen MR) is 104 cm³/mol. The van der Waals surface area contributed by atoms with Crippen LogP contribution in [0, 0.1) is 0 Å². The number of hydrogen-bond acceptors (Lipinski definition) is 5. The van der Waals surface area contributed by atoms with Gasteiger partial charge in [-0.1, -0.05) is 18.2 Å². The van der Waals surface area contributed by atoms with Crippen LogP contribution in [0.25, 0.3) is 0 Å². The van der Waals surface area contributed by atoms with E-state index in [2.05, 4.69) is 5.32 Å². The molecule has 1 aliphatic rings. The second kappa shape index (κ2) is 8.20. The van der Waals surface area contributed by atoms with Crippen LogP contribution in [0.5, 0.6) is 0 Å². The van der Waals surface area contributed by atoms with Gasteiger partial charge in [0.1, 0.15) is 4.21 Å². The number of sulfonamides is 1. The number of carbonyl (C=O) groups is 2. The Balaban J connectivity index is 1.55. The number of hydrogen-bond donors (Lipinski definition) is 1. The van der Waals surface area contributed by atoms with Crippen LogP contribution in [-0.4, -0.2) is 55.6 Å². The lowest BCUT2D eigenvalue weighted by Gasteiger charge is -2.33. The standard InChI is InChI=1S/C18H21N3O4S2/c1-14(22)19-16-6-4-15(5-7-16)13-17(23)20-8-10-21(11-9-20)27(24,25)18-3-2-12-26-18/h2-7,12H,8-11,13H2,1H3,(H,19,22). The normalized spacial score (nSPS) is 15.5. The molecule has 3 rings (SSSR count). The van der Waals surface area contributed by atoms with Crippen molar-refractivity contribution in [3.8, 4) is 0 Å². The summed E-state index contributed by atoms with van der Waals surface area (Å²) in [5, 5.41) is 4.42.